The first-order valence-electron chi connectivity index (χ1n) is 3.03. The van der Waals surface area contributed by atoms with Gasteiger partial charge in [0.2, 0.25) is 0 Å². The van der Waals surface area contributed by atoms with Gasteiger partial charge >= 0.3 is 0 Å². The van der Waals surface area contributed by atoms with Gasteiger partial charge in [0, 0.05) is 32.7 Å². The third-order valence-corrected chi connectivity index (χ3v) is 1.88. The van der Waals surface area contributed by atoms with Gasteiger partial charge in [-0.2, -0.15) is 23.8 Å². The third-order valence-electron chi connectivity index (χ3n) is 1.39. The Morgan fingerprint density at radius 2 is 2.09 bits per heavy atom. The fourth-order valence-corrected chi connectivity index (χ4v) is 1.15. The van der Waals surface area contributed by atoms with Crippen molar-refractivity contribution in [2.45, 2.75) is 6.92 Å². The molecule has 0 unspecified atom stereocenters. The Labute approximate surface area is 101 Å². The average Bonchev–Trinajstić information content (AvgIpc) is 1.94. The van der Waals surface area contributed by atoms with Crippen LogP contribution in [0.1, 0.15) is 11.1 Å². The van der Waals surface area contributed by atoms with Gasteiger partial charge in [0.1, 0.15) is 0 Å². The van der Waals surface area contributed by atoms with E-state index >= 15 is 0 Å². The summed E-state index contributed by atoms with van der Waals surface area (Å²) in [5.74, 6) is 0. The van der Waals surface area contributed by atoms with Crippen LogP contribution in [0, 0.1) is 13.0 Å². The number of rotatable bonds is 1. The summed E-state index contributed by atoms with van der Waals surface area (Å²) >= 11 is 3.37. The van der Waals surface area contributed by atoms with Crippen LogP contribution in [-0.2, 0) is 32.7 Å². The molecule has 0 spiro atoms. The smallest absolute Gasteiger partial charge is 0 e. The van der Waals surface area contributed by atoms with Crippen molar-refractivity contribution < 1.29 is 32.7 Å². The summed E-state index contributed by atoms with van der Waals surface area (Å²) in [7, 11) is 0. The van der Waals surface area contributed by atoms with Crippen LogP contribution in [0.2, 0.25) is 0 Å². The quantitative estimate of drug-likeness (QED) is 0.695. The number of hydrogen-bond donors (Lipinski definition) is 0. The standard InChI is InChI=1S/C9H8Br.Y/c1-3-8-6-9(10)5-4-7(8)2;/h4-6H,1H2,2H3;/q-1;. The molecule has 0 saturated carbocycles. The van der Waals surface area contributed by atoms with Crippen molar-refractivity contribution in [2.75, 3.05) is 0 Å². The summed E-state index contributed by atoms with van der Waals surface area (Å²) in [6.07, 6.45) is 2.86. The van der Waals surface area contributed by atoms with E-state index in [2.05, 4.69) is 28.6 Å². The summed E-state index contributed by atoms with van der Waals surface area (Å²) in [6, 6.07) is 6.05. The monoisotopic (exact) mass is 284 g/mol. The zero-order valence-corrected chi connectivity index (χ0v) is 10.8. The predicted octanol–water partition coefficient (Wildman–Crippen LogP) is 3.09. The van der Waals surface area contributed by atoms with Crippen LogP contribution in [0.3, 0.4) is 0 Å². The minimum absolute atomic E-state index is 0. The molecule has 1 aromatic rings. The summed E-state index contributed by atoms with van der Waals surface area (Å²) in [5, 5.41) is 0. The summed E-state index contributed by atoms with van der Waals surface area (Å²) in [4.78, 5) is 0. The van der Waals surface area contributed by atoms with Crippen molar-refractivity contribution in [2.24, 2.45) is 0 Å². The van der Waals surface area contributed by atoms with Crippen molar-refractivity contribution in [3.05, 3.63) is 46.5 Å². The fourth-order valence-electron chi connectivity index (χ4n) is 0.785. The van der Waals surface area contributed by atoms with Crippen molar-refractivity contribution in [3.63, 3.8) is 0 Å². The molecule has 0 amide bonds. The van der Waals surface area contributed by atoms with Crippen molar-refractivity contribution >= 4 is 15.9 Å². The van der Waals surface area contributed by atoms with Gasteiger partial charge in [-0.15, -0.1) is 12.1 Å². The molecule has 1 aromatic carbocycles. The number of halogens is 1. The van der Waals surface area contributed by atoms with Gasteiger partial charge in [0.25, 0.3) is 0 Å². The topological polar surface area (TPSA) is 0 Å². The van der Waals surface area contributed by atoms with Crippen LogP contribution in [0.25, 0.3) is 0 Å². The van der Waals surface area contributed by atoms with Crippen molar-refractivity contribution in [1.82, 2.24) is 0 Å². The predicted molar refractivity (Wildman–Crippen MR) is 46.9 cm³/mol. The van der Waals surface area contributed by atoms with E-state index in [1.54, 1.807) is 0 Å². The molecule has 0 saturated heterocycles. The molecule has 1 rings (SSSR count). The third kappa shape index (κ3) is 3.19. The van der Waals surface area contributed by atoms with Crippen LogP contribution >= 0.6 is 15.9 Å². The molecule has 0 N–H and O–H groups in total. The Morgan fingerprint density at radius 3 is 2.55 bits per heavy atom. The molecule has 0 bridgehead atoms. The van der Waals surface area contributed by atoms with E-state index in [-0.39, 0.29) is 32.7 Å². The van der Waals surface area contributed by atoms with Gasteiger partial charge < -0.3 is 0 Å². The summed E-state index contributed by atoms with van der Waals surface area (Å²) in [5.41, 5.74) is 2.27. The molecule has 0 heterocycles. The maximum atomic E-state index is 3.59. The molecular formula is C9H8BrY-. The van der Waals surface area contributed by atoms with E-state index in [1.807, 2.05) is 25.1 Å². The van der Waals surface area contributed by atoms with Crippen LogP contribution in [0.5, 0.6) is 0 Å². The van der Waals surface area contributed by atoms with Crippen LogP contribution in [-0.4, -0.2) is 0 Å². The summed E-state index contributed by atoms with van der Waals surface area (Å²) in [6.45, 7) is 5.63. The van der Waals surface area contributed by atoms with Gasteiger partial charge in [0.15, 0.2) is 0 Å². The molecule has 0 aliphatic heterocycles. The van der Waals surface area contributed by atoms with Crippen molar-refractivity contribution in [3.8, 4) is 0 Å². The van der Waals surface area contributed by atoms with Crippen LogP contribution < -0.4 is 0 Å². The van der Waals surface area contributed by atoms with E-state index in [0.717, 1.165) is 10.0 Å². The largest absolute Gasteiger partial charge is 0.189 e. The van der Waals surface area contributed by atoms with E-state index in [0.29, 0.717) is 0 Å². The molecule has 0 fully saturated rings. The van der Waals surface area contributed by atoms with Gasteiger partial charge in [-0.05, 0) is 4.47 Å². The second kappa shape index (κ2) is 5.24. The van der Waals surface area contributed by atoms with E-state index in [4.69, 9.17) is 0 Å². The normalized spacial score (nSPS) is 8.55. The van der Waals surface area contributed by atoms with Gasteiger partial charge in [-0.1, -0.05) is 28.9 Å². The second-order valence-electron chi connectivity index (χ2n) is 2.14. The molecule has 11 heavy (non-hydrogen) atoms. The number of benzene rings is 1. The molecule has 55 valence electrons. The molecule has 0 nitrogen and oxygen atoms in total. The van der Waals surface area contributed by atoms with Gasteiger partial charge in [0.05, 0.1) is 0 Å². The zero-order valence-electron chi connectivity index (χ0n) is 6.39. The zero-order chi connectivity index (χ0) is 7.56. The van der Waals surface area contributed by atoms with E-state index in [1.165, 1.54) is 5.56 Å². The number of aryl methyl sites for hydroxylation is 1. The molecule has 0 atom stereocenters. The van der Waals surface area contributed by atoms with Crippen LogP contribution in [0.15, 0.2) is 29.3 Å². The summed E-state index contributed by atoms with van der Waals surface area (Å²) < 4.78 is 1.07. The molecule has 0 aromatic heterocycles. The average molecular weight is 285 g/mol. The Kier molecular flexibility index (Phi) is 5.49. The first-order valence-corrected chi connectivity index (χ1v) is 3.82. The molecule has 0 aliphatic rings. The van der Waals surface area contributed by atoms with E-state index < -0.39 is 0 Å². The first kappa shape index (κ1) is 11.5. The molecule has 1 radical (unpaired) electrons. The molecule has 2 heteroatoms. The molecule has 0 aliphatic carbocycles. The maximum Gasteiger partial charge on any atom is 0 e. The Morgan fingerprint density at radius 1 is 1.45 bits per heavy atom. The second-order valence-corrected chi connectivity index (χ2v) is 3.05. The number of hydrogen-bond acceptors (Lipinski definition) is 0. The van der Waals surface area contributed by atoms with Crippen LogP contribution in [0.4, 0.5) is 0 Å². The van der Waals surface area contributed by atoms with Gasteiger partial charge in [-0.3, -0.25) is 0 Å². The van der Waals surface area contributed by atoms with E-state index in [9.17, 15) is 0 Å². The maximum absolute atomic E-state index is 3.59. The molecular weight excluding hydrogens is 277 g/mol. The first-order chi connectivity index (χ1) is 4.74. The minimum atomic E-state index is 0. The Bertz CT molecular complexity index is 256. The SMILES string of the molecule is C=[C-]c1cc(Br)ccc1C.[Y]. The fraction of sp³-hybridized carbons (Fsp3) is 0.111. The van der Waals surface area contributed by atoms with Crippen molar-refractivity contribution in [1.29, 1.82) is 0 Å². The minimum Gasteiger partial charge on any atom is -0.189 e. The Hall–Kier alpha value is 0.544. The van der Waals surface area contributed by atoms with Gasteiger partial charge in [-0.25, -0.2) is 0 Å². The Balaban J connectivity index is 0.000001000.